The topological polar surface area (TPSA) is 151 Å². The van der Waals surface area contributed by atoms with Crippen LogP contribution in [0.5, 0.6) is 0 Å². The number of methoxy groups -OCH3 is 1. The second-order valence-corrected chi connectivity index (χ2v) is 3.73. The largest absolute Gasteiger partial charge is 0.491 e. The zero-order valence-electron chi connectivity index (χ0n) is 11.5. The summed E-state index contributed by atoms with van der Waals surface area (Å²) in [6.45, 7) is 1.07. The van der Waals surface area contributed by atoms with Gasteiger partial charge in [0.05, 0.1) is 7.11 Å². The third-order valence-corrected chi connectivity index (χ3v) is 2.22. The van der Waals surface area contributed by atoms with Gasteiger partial charge in [-0.2, -0.15) is 4.68 Å². The minimum Gasteiger partial charge on any atom is -0.390 e. The first kappa shape index (κ1) is 16.5. The van der Waals surface area contributed by atoms with E-state index in [1.807, 2.05) is 5.48 Å². The summed E-state index contributed by atoms with van der Waals surface area (Å²) in [5.41, 5.74) is 2.00. The molecule has 0 aromatic carbocycles. The molecular weight excluding hydrogens is 288 g/mol. The summed E-state index contributed by atoms with van der Waals surface area (Å²) in [6, 6.07) is 0. The van der Waals surface area contributed by atoms with Crippen molar-refractivity contribution in [3.05, 3.63) is 15.9 Å². The molecule has 0 fully saturated rings. The molecule has 12 heteroatoms. The maximum atomic E-state index is 11.9. The normalized spacial score (nSPS) is 11.8. The Hall–Kier alpha value is -2.60. The summed E-state index contributed by atoms with van der Waals surface area (Å²) in [4.78, 5) is 41.0. The van der Waals surface area contributed by atoms with E-state index in [0.29, 0.717) is 0 Å². The third-order valence-electron chi connectivity index (χ3n) is 2.22. The molecule has 0 aliphatic carbocycles. The number of aromatic nitrogens is 3. The van der Waals surface area contributed by atoms with Crippen molar-refractivity contribution in [2.75, 3.05) is 14.2 Å². The second kappa shape index (κ2) is 7.25. The van der Waals surface area contributed by atoms with E-state index >= 15 is 0 Å². The quantitative estimate of drug-likeness (QED) is 0.354. The van der Waals surface area contributed by atoms with Crippen molar-refractivity contribution in [1.29, 1.82) is 0 Å². The van der Waals surface area contributed by atoms with E-state index < -0.39 is 41.3 Å². The standard InChI is InChI=1S/C9H14N6O6/c1-5(20-2)10-8(17)7-11-9(15(18)19)12-14(7)4-6(16)13-21-3/h5H,4H2,1-3H3,(H,10,17)(H,13,16). The summed E-state index contributed by atoms with van der Waals surface area (Å²) in [5.74, 6) is -2.62. The molecule has 1 unspecified atom stereocenters. The highest BCUT2D eigenvalue weighted by Crippen LogP contribution is 2.06. The van der Waals surface area contributed by atoms with Gasteiger partial charge in [0.25, 0.3) is 5.91 Å². The van der Waals surface area contributed by atoms with Crippen LogP contribution in [0.1, 0.15) is 17.5 Å². The molecule has 0 aliphatic heterocycles. The Labute approximate surface area is 118 Å². The molecule has 1 aromatic rings. The van der Waals surface area contributed by atoms with E-state index in [4.69, 9.17) is 4.74 Å². The fraction of sp³-hybridized carbons (Fsp3) is 0.556. The molecular formula is C9H14N6O6. The number of ether oxygens (including phenoxy) is 1. The number of carbonyl (C=O) groups excluding carboxylic acids is 2. The van der Waals surface area contributed by atoms with Gasteiger partial charge in [-0.3, -0.25) is 14.4 Å². The molecule has 0 bridgehead atoms. The molecule has 0 saturated heterocycles. The molecule has 0 radical (unpaired) electrons. The second-order valence-electron chi connectivity index (χ2n) is 3.73. The minimum absolute atomic E-state index is 0.392. The van der Waals surface area contributed by atoms with Crippen molar-refractivity contribution in [3.63, 3.8) is 0 Å². The van der Waals surface area contributed by atoms with Crippen LogP contribution in [0.3, 0.4) is 0 Å². The maximum absolute atomic E-state index is 11.9. The zero-order chi connectivity index (χ0) is 16.0. The van der Waals surface area contributed by atoms with Crippen molar-refractivity contribution in [2.45, 2.75) is 19.7 Å². The SMILES string of the molecule is CONC(=O)Cn1nc([N+](=O)[O-])nc1C(=O)NC(C)OC. The lowest BCUT2D eigenvalue weighted by Crippen LogP contribution is -2.36. The van der Waals surface area contributed by atoms with Crippen LogP contribution in [0.15, 0.2) is 0 Å². The molecule has 2 N–H and O–H groups in total. The van der Waals surface area contributed by atoms with Crippen LogP contribution in [-0.2, 0) is 20.9 Å². The molecule has 2 amide bonds. The highest BCUT2D eigenvalue weighted by molar-refractivity contribution is 5.91. The lowest BCUT2D eigenvalue weighted by Gasteiger charge is -2.09. The molecule has 0 saturated carbocycles. The number of hydrogen-bond donors (Lipinski definition) is 2. The molecule has 21 heavy (non-hydrogen) atoms. The predicted octanol–water partition coefficient (Wildman–Crippen LogP) is -1.41. The van der Waals surface area contributed by atoms with Gasteiger partial charge < -0.3 is 20.2 Å². The Morgan fingerprint density at radius 1 is 1.48 bits per heavy atom. The van der Waals surface area contributed by atoms with Gasteiger partial charge in [-0.15, -0.1) is 0 Å². The first-order chi connectivity index (χ1) is 9.88. The van der Waals surface area contributed by atoms with Crippen LogP contribution in [0.2, 0.25) is 0 Å². The maximum Gasteiger partial charge on any atom is 0.491 e. The number of nitro groups is 1. The fourth-order valence-electron chi connectivity index (χ4n) is 1.28. The van der Waals surface area contributed by atoms with E-state index in [1.165, 1.54) is 14.2 Å². The van der Waals surface area contributed by atoms with Crippen LogP contribution in [0.25, 0.3) is 0 Å². The number of hydroxylamine groups is 1. The lowest BCUT2D eigenvalue weighted by molar-refractivity contribution is -0.394. The van der Waals surface area contributed by atoms with Gasteiger partial charge in [0, 0.05) is 12.2 Å². The Bertz CT molecular complexity index is 543. The van der Waals surface area contributed by atoms with Gasteiger partial charge in [-0.25, -0.2) is 5.48 Å². The zero-order valence-corrected chi connectivity index (χ0v) is 11.5. The van der Waals surface area contributed by atoms with Gasteiger partial charge >= 0.3 is 17.7 Å². The highest BCUT2D eigenvalue weighted by Gasteiger charge is 2.28. The van der Waals surface area contributed by atoms with Crippen molar-refractivity contribution < 1.29 is 24.1 Å². The van der Waals surface area contributed by atoms with Gasteiger partial charge in [0.2, 0.25) is 0 Å². The summed E-state index contributed by atoms with van der Waals surface area (Å²) in [7, 11) is 2.58. The van der Waals surface area contributed by atoms with Crippen molar-refractivity contribution in [3.8, 4) is 0 Å². The number of rotatable bonds is 7. The first-order valence-corrected chi connectivity index (χ1v) is 5.63. The van der Waals surface area contributed by atoms with Crippen LogP contribution < -0.4 is 10.8 Å². The molecule has 1 rings (SSSR count). The Morgan fingerprint density at radius 2 is 2.14 bits per heavy atom. The van der Waals surface area contributed by atoms with E-state index in [0.717, 1.165) is 4.68 Å². The molecule has 1 aromatic heterocycles. The summed E-state index contributed by atoms with van der Waals surface area (Å²) < 4.78 is 5.63. The van der Waals surface area contributed by atoms with E-state index in [9.17, 15) is 19.7 Å². The van der Waals surface area contributed by atoms with Crippen molar-refractivity contribution in [2.24, 2.45) is 0 Å². The minimum atomic E-state index is -0.874. The first-order valence-electron chi connectivity index (χ1n) is 5.63. The number of nitrogens with one attached hydrogen (secondary N) is 2. The number of hydrogen-bond acceptors (Lipinski definition) is 8. The summed E-state index contributed by atoms with van der Waals surface area (Å²) in [5, 5.41) is 16.5. The molecule has 1 atom stereocenters. The number of amides is 2. The Morgan fingerprint density at radius 3 is 2.67 bits per heavy atom. The van der Waals surface area contributed by atoms with E-state index in [1.54, 1.807) is 6.92 Å². The van der Waals surface area contributed by atoms with Gasteiger partial charge in [0.1, 0.15) is 12.8 Å². The van der Waals surface area contributed by atoms with Crippen LogP contribution in [-0.4, -0.2) is 51.9 Å². The van der Waals surface area contributed by atoms with Crippen LogP contribution >= 0.6 is 0 Å². The van der Waals surface area contributed by atoms with Gasteiger partial charge in [-0.05, 0) is 16.8 Å². The molecule has 1 heterocycles. The van der Waals surface area contributed by atoms with E-state index in [-0.39, 0.29) is 0 Å². The van der Waals surface area contributed by atoms with Crippen molar-refractivity contribution in [1.82, 2.24) is 25.6 Å². The average molecular weight is 302 g/mol. The van der Waals surface area contributed by atoms with E-state index in [2.05, 4.69) is 20.2 Å². The predicted molar refractivity (Wildman–Crippen MR) is 65.8 cm³/mol. The molecule has 12 nitrogen and oxygen atoms in total. The van der Waals surface area contributed by atoms with Crippen LogP contribution in [0.4, 0.5) is 5.95 Å². The Balaban J connectivity index is 3.01. The summed E-state index contributed by atoms with van der Waals surface area (Å²) in [6.07, 6.45) is -0.644. The highest BCUT2D eigenvalue weighted by atomic mass is 16.6. The monoisotopic (exact) mass is 302 g/mol. The lowest BCUT2D eigenvalue weighted by atomic mass is 10.5. The molecule has 0 aliphatic rings. The smallest absolute Gasteiger partial charge is 0.390 e. The van der Waals surface area contributed by atoms with Crippen LogP contribution in [0, 0.1) is 10.1 Å². The van der Waals surface area contributed by atoms with Crippen molar-refractivity contribution >= 4 is 17.8 Å². The van der Waals surface area contributed by atoms with Gasteiger partial charge in [0.15, 0.2) is 0 Å². The van der Waals surface area contributed by atoms with Gasteiger partial charge in [-0.1, -0.05) is 0 Å². The molecule has 0 spiro atoms. The summed E-state index contributed by atoms with van der Waals surface area (Å²) >= 11 is 0. The third kappa shape index (κ3) is 4.47. The Kier molecular flexibility index (Phi) is 5.68. The fourth-order valence-corrected chi connectivity index (χ4v) is 1.28. The number of carbonyl (C=O) groups is 2. The average Bonchev–Trinajstić information content (AvgIpc) is 2.82. The molecule has 116 valence electrons. The number of nitrogens with zero attached hydrogens (tertiary/aromatic N) is 4.